The lowest BCUT2D eigenvalue weighted by Crippen LogP contribution is -1.86. The molecule has 0 radical (unpaired) electrons. The van der Waals surface area contributed by atoms with E-state index in [4.69, 9.17) is 4.74 Å². The van der Waals surface area contributed by atoms with Crippen molar-refractivity contribution >= 4 is 0 Å². The molecule has 0 aliphatic rings. The highest BCUT2D eigenvalue weighted by molar-refractivity contribution is 4.99. The summed E-state index contributed by atoms with van der Waals surface area (Å²) in [7, 11) is 1.72. The summed E-state index contributed by atoms with van der Waals surface area (Å²) in [5, 5.41) is 0. The molecule has 0 N–H and O–H groups in total. The van der Waals surface area contributed by atoms with Crippen LogP contribution in [0.2, 0.25) is 0 Å². The molecule has 1 heteroatoms. The maximum Gasteiger partial charge on any atom is 0.0816 e. The normalized spacial score (nSPS) is 11.4. The smallest absolute Gasteiger partial charge is 0.0816 e. The van der Waals surface area contributed by atoms with Crippen LogP contribution < -0.4 is 0 Å². The summed E-state index contributed by atoms with van der Waals surface area (Å²) in [6.45, 7) is 5.95. The van der Waals surface area contributed by atoms with E-state index < -0.39 is 0 Å². The van der Waals surface area contributed by atoms with Crippen LogP contribution in [0.25, 0.3) is 0 Å². The van der Waals surface area contributed by atoms with Gasteiger partial charge in [0.2, 0.25) is 0 Å². The quantitative estimate of drug-likeness (QED) is 0.312. The highest BCUT2D eigenvalue weighted by Gasteiger charge is 1.96. The van der Waals surface area contributed by atoms with Crippen LogP contribution in [0.15, 0.2) is 24.5 Å². The lowest BCUT2D eigenvalue weighted by molar-refractivity contribution is 0.330. The Morgan fingerprint density at radius 3 is 2.62 bits per heavy atom. The lowest BCUT2D eigenvalue weighted by Gasteiger charge is -2.04. The van der Waals surface area contributed by atoms with Crippen molar-refractivity contribution in [3.05, 3.63) is 24.5 Å². The Labute approximate surface area is 82.5 Å². The molecule has 0 saturated carbocycles. The van der Waals surface area contributed by atoms with Gasteiger partial charge in [0.25, 0.3) is 0 Å². The Morgan fingerprint density at radius 1 is 1.31 bits per heavy atom. The van der Waals surface area contributed by atoms with Crippen LogP contribution >= 0.6 is 0 Å². The molecule has 0 bridgehead atoms. The molecule has 13 heavy (non-hydrogen) atoms. The van der Waals surface area contributed by atoms with Gasteiger partial charge in [-0.25, -0.2) is 0 Å². The zero-order valence-corrected chi connectivity index (χ0v) is 9.01. The van der Waals surface area contributed by atoms with Crippen molar-refractivity contribution in [3.8, 4) is 0 Å². The van der Waals surface area contributed by atoms with Crippen LogP contribution in [-0.4, -0.2) is 7.11 Å². The summed E-state index contributed by atoms with van der Waals surface area (Å²) in [6.07, 6.45) is 11.1. The third-order valence-corrected chi connectivity index (χ3v) is 2.06. The first-order chi connectivity index (χ1) is 6.35. The van der Waals surface area contributed by atoms with Crippen molar-refractivity contribution in [2.24, 2.45) is 0 Å². The fourth-order valence-electron chi connectivity index (χ4n) is 1.30. The van der Waals surface area contributed by atoms with E-state index in [0.717, 1.165) is 12.8 Å². The van der Waals surface area contributed by atoms with Crippen molar-refractivity contribution in [3.63, 3.8) is 0 Å². The van der Waals surface area contributed by atoms with E-state index in [1.165, 1.54) is 31.3 Å². The molecule has 0 aromatic carbocycles. The maximum atomic E-state index is 5.04. The van der Waals surface area contributed by atoms with Crippen LogP contribution in [0.4, 0.5) is 0 Å². The molecule has 1 nitrogen and oxygen atoms in total. The molecular formula is C12H22O. The van der Waals surface area contributed by atoms with Crippen molar-refractivity contribution in [1.29, 1.82) is 0 Å². The number of methoxy groups -OCH3 is 1. The number of ether oxygens (including phenoxy) is 1. The van der Waals surface area contributed by atoms with Gasteiger partial charge in [-0.05, 0) is 31.3 Å². The monoisotopic (exact) mass is 182 g/mol. The minimum absolute atomic E-state index is 1.06. The largest absolute Gasteiger partial charge is 0.504 e. The van der Waals surface area contributed by atoms with Gasteiger partial charge < -0.3 is 4.74 Å². The number of rotatable bonds is 8. The Bertz CT molecular complexity index is 147. The molecule has 0 saturated heterocycles. The maximum absolute atomic E-state index is 5.04. The highest BCUT2D eigenvalue weighted by atomic mass is 16.5. The number of unbranched alkanes of at least 4 members (excludes halogenated alkanes) is 2. The summed E-state index contributed by atoms with van der Waals surface area (Å²) in [5.74, 6) is 0. The van der Waals surface area contributed by atoms with Gasteiger partial charge in [-0.15, -0.1) is 6.58 Å². The topological polar surface area (TPSA) is 9.23 Å². The molecular weight excluding hydrogens is 160 g/mol. The number of hydrogen-bond donors (Lipinski definition) is 0. The molecule has 0 unspecified atom stereocenters. The van der Waals surface area contributed by atoms with Gasteiger partial charge in [0.15, 0.2) is 0 Å². The molecule has 0 fully saturated rings. The second-order valence-corrected chi connectivity index (χ2v) is 3.30. The fourth-order valence-corrected chi connectivity index (χ4v) is 1.30. The standard InChI is InChI=1S/C12H22O/c1-4-6-8-10-12(11-13-3)9-7-5-2/h5,11H,2,4,6-10H2,1,3H3/b12-11-. The minimum atomic E-state index is 1.06. The van der Waals surface area contributed by atoms with E-state index in [1.54, 1.807) is 7.11 Å². The van der Waals surface area contributed by atoms with Gasteiger partial charge in [-0.1, -0.05) is 25.8 Å². The van der Waals surface area contributed by atoms with E-state index in [0.29, 0.717) is 0 Å². The SMILES string of the molecule is C=CCC/C(=C/OC)CCCCC. The molecule has 0 aromatic rings. The third-order valence-electron chi connectivity index (χ3n) is 2.06. The first-order valence-corrected chi connectivity index (χ1v) is 5.16. The first-order valence-electron chi connectivity index (χ1n) is 5.16. The van der Waals surface area contributed by atoms with Crippen LogP contribution in [0.5, 0.6) is 0 Å². The van der Waals surface area contributed by atoms with Crippen LogP contribution in [-0.2, 0) is 4.74 Å². The molecule has 76 valence electrons. The second-order valence-electron chi connectivity index (χ2n) is 3.30. The number of allylic oxidation sites excluding steroid dienone is 2. The van der Waals surface area contributed by atoms with Crippen LogP contribution in [0.3, 0.4) is 0 Å². The van der Waals surface area contributed by atoms with Crippen molar-refractivity contribution in [2.75, 3.05) is 7.11 Å². The Hall–Kier alpha value is -0.720. The Balaban J connectivity index is 3.67. The number of hydrogen-bond acceptors (Lipinski definition) is 1. The average molecular weight is 182 g/mol. The van der Waals surface area contributed by atoms with Gasteiger partial charge in [-0.3, -0.25) is 0 Å². The molecule has 0 heterocycles. The summed E-state index contributed by atoms with van der Waals surface area (Å²) in [4.78, 5) is 0. The molecule has 0 atom stereocenters. The Morgan fingerprint density at radius 2 is 2.08 bits per heavy atom. The van der Waals surface area contributed by atoms with E-state index >= 15 is 0 Å². The van der Waals surface area contributed by atoms with Crippen LogP contribution in [0.1, 0.15) is 45.4 Å². The first kappa shape index (κ1) is 12.3. The fraction of sp³-hybridized carbons (Fsp3) is 0.667. The molecule has 0 aromatic heterocycles. The molecule has 0 amide bonds. The van der Waals surface area contributed by atoms with E-state index in [9.17, 15) is 0 Å². The average Bonchev–Trinajstić information content (AvgIpc) is 2.14. The van der Waals surface area contributed by atoms with Crippen molar-refractivity contribution in [1.82, 2.24) is 0 Å². The van der Waals surface area contributed by atoms with Gasteiger partial charge in [-0.2, -0.15) is 0 Å². The predicted molar refractivity (Wildman–Crippen MR) is 58.7 cm³/mol. The van der Waals surface area contributed by atoms with Crippen molar-refractivity contribution < 1.29 is 4.74 Å². The third kappa shape index (κ3) is 7.63. The minimum Gasteiger partial charge on any atom is -0.504 e. The molecule has 0 spiro atoms. The van der Waals surface area contributed by atoms with Gasteiger partial charge >= 0.3 is 0 Å². The lowest BCUT2D eigenvalue weighted by atomic mass is 10.0. The summed E-state index contributed by atoms with van der Waals surface area (Å²) in [6, 6.07) is 0. The second kappa shape index (κ2) is 9.37. The van der Waals surface area contributed by atoms with E-state index in [-0.39, 0.29) is 0 Å². The van der Waals surface area contributed by atoms with Crippen molar-refractivity contribution in [2.45, 2.75) is 45.4 Å². The van der Waals surface area contributed by atoms with Gasteiger partial charge in [0.05, 0.1) is 13.4 Å². The van der Waals surface area contributed by atoms with E-state index in [1.807, 2.05) is 12.3 Å². The zero-order valence-electron chi connectivity index (χ0n) is 9.01. The zero-order chi connectivity index (χ0) is 9.94. The van der Waals surface area contributed by atoms with Gasteiger partial charge in [0.1, 0.15) is 0 Å². The predicted octanol–water partition coefficient (Wildman–Crippen LogP) is 4.06. The van der Waals surface area contributed by atoms with Gasteiger partial charge in [0, 0.05) is 0 Å². The van der Waals surface area contributed by atoms with E-state index in [2.05, 4.69) is 13.5 Å². The Kier molecular flexibility index (Phi) is 8.85. The summed E-state index contributed by atoms with van der Waals surface area (Å²) < 4.78 is 5.04. The highest BCUT2D eigenvalue weighted by Crippen LogP contribution is 2.14. The van der Waals surface area contributed by atoms with Crippen LogP contribution in [0, 0.1) is 0 Å². The molecule has 0 aliphatic heterocycles. The summed E-state index contributed by atoms with van der Waals surface area (Å²) >= 11 is 0. The molecule has 0 aliphatic carbocycles. The molecule has 0 rings (SSSR count). The summed E-state index contributed by atoms with van der Waals surface area (Å²) in [5.41, 5.74) is 1.41.